The Morgan fingerprint density at radius 1 is 0.886 bits per heavy atom. The molecule has 35 heavy (non-hydrogen) atoms. The number of nitrogens with zero attached hydrogens (tertiary/aromatic N) is 2. The monoisotopic (exact) mass is 463 g/mol. The highest BCUT2D eigenvalue weighted by molar-refractivity contribution is 6.10. The molecule has 1 aromatic heterocycles. The van der Waals surface area contributed by atoms with Gasteiger partial charge in [-0.25, -0.2) is 9.37 Å². The van der Waals surface area contributed by atoms with Crippen molar-refractivity contribution in [1.82, 2.24) is 9.97 Å². The minimum Gasteiger partial charge on any atom is -0.438 e. The van der Waals surface area contributed by atoms with Crippen LogP contribution in [0.2, 0.25) is 0 Å². The van der Waals surface area contributed by atoms with Crippen LogP contribution in [0.15, 0.2) is 91.1 Å². The number of fused-ring (bicyclic) bond motifs is 1. The van der Waals surface area contributed by atoms with Crippen LogP contribution >= 0.6 is 0 Å². The molecule has 5 nitrogen and oxygen atoms in total. The third kappa shape index (κ3) is 4.73. The van der Waals surface area contributed by atoms with Crippen LogP contribution in [0.4, 0.5) is 10.1 Å². The maximum Gasteiger partial charge on any atom is 0.255 e. The van der Waals surface area contributed by atoms with Gasteiger partial charge in [0, 0.05) is 34.3 Å². The van der Waals surface area contributed by atoms with E-state index in [4.69, 9.17) is 4.74 Å². The first-order valence-corrected chi connectivity index (χ1v) is 11.1. The lowest BCUT2D eigenvalue weighted by Gasteiger charge is -2.13. The lowest BCUT2D eigenvalue weighted by atomic mass is 9.98. The van der Waals surface area contributed by atoms with Crippen LogP contribution < -0.4 is 10.1 Å². The summed E-state index contributed by atoms with van der Waals surface area (Å²) in [5.41, 5.74) is 3.71. The topological polar surface area (TPSA) is 64.1 Å². The Bertz CT molecular complexity index is 1570. The van der Waals surface area contributed by atoms with E-state index in [1.54, 1.807) is 31.3 Å². The molecule has 0 aliphatic carbocycles. The lowest BCUT2D eigenvalue weighted by Crippen LogP contribution is -2.12. The average Bonchev–Trinajstić information content (AvgIpc) is 2.85. The van der Waals surface area contributed by atoms with Crippen molar-refractivity contribution < 1.29 is 13.9 Å². The number of nitrogens with one attached hydrogen (secondary N) is 1. The smallest absolute Gasteiger partial charge is 0.255 e. The van der Waals surface area contributed by atoms with E-state index in [0.29, 0.717) is 28.7 Å². The van der Waals surface area contributed by atoms with Crippen LogP contribution in [0.1, 0.15) is 21.7 Å². The van der Waals surface area contributed by atoms with E-state index in [2.05, 4.69) is 15.3 Å². The summed E-state index contributed by atoms with van der Waals surface area (Å²) in [6.45, 7) is 3.65. The van der Waals surface area contributed by atoms with Gasteiger partial charge in [0.25, 0.3) is 5.91 Å². The first-order chi connectivity index (χ1) is 17.0. The number of ether oxygens (including phenoxy) is 1. The van der Waals surface area contributed by atoms with E-state index < -0.39 is 0 Å². The number of carbonyl (C=O) groups is 1. The van der Waals surface area contributed by atoms with Gasteiger partial charge in [-0.3, -0.25) is 4.79 Å². The molecule has 0 radical (unpaired) electrons. The van der Waals surface area contributed by atoms with Gasteiger partial charge < -0.3 is 10.1 Å². The second kappa shape index (κ2) is 9.35. The van der Waals surface area contributed by atoms with Gasteiger partial charge in [0.05, 0.1) is 0 Å². The SMILES string of the molecule is Cc1nccc(Oc2ccc(NC(=O)c3cccc(-c4ccc(F)cc4C)c3)c3ccccc23)n1. The standard InChI is InChI=1S/C29H22FN3O2/c1-18-16-22(30)10-11-23(18)20-6-5-7-21(17-20)29(34)33-26-12-13-27(25-9-4-3-8-24(25)26)35-28-14-15-31-19(2)32-28/h3-17H,1-2H3,(H,33,34). The van der Waals surface area contributed by atoms with E-state index in [9.17, 15) is 9.18 Å². The Morgan fingerprint density at radius 2 is 1.71 bits per heavy atom. The number of halogens is 1. The lowest BCUT2D eigenvalue weighted by molar-refractivity contribution is 0.102. The fourth-order valence-electron chi connectivity index (χ4n) is 4.05. The summed E-state index contributed by atoms with van der Waals surface area (Å²) >= 11 is 0. The second-order valence-electron chi connectivity index (χ2n) is 8.20. The Labute approximate surface area is 202 Å². The Kier molecular flexibility index (Phi) is 5.94. The fraction of sp³-hybridized carbons (Fsp3) is 0.0690. The van der Waals surface area contributed by atoms with Crippen LogP contribution in [0, 0.1) is 19.7 Å². The Morgan fingerprint density at radius 3 is 2.51 bits per heavy atom. The molecule has 0 bridgehead atoms. The van der Waals surface area contributed by atoms with Crippen molar-refractivity contribution in [2.45, 2.75) is 13.8 Å². The van der Waals surface area contributed by atoms with Gasteiger partial charge in [0.15, 0.2) is 0 Å². The molecule has 172 valence electrons. The van der Waals surface area contributed by atoms with Crippen LogP contribution in [0.3, 0.4) is 0 Å². The number of rotatable bonds is 5. The summed E-state index contributed by atoms with van der Waals surface area (Å²) < 4.78 is 19.5. The molecular weight excluding hydrogens is 441 g/mol. The molecule has 4 aromatic carbocycles. The molecular formula is C29H22FN3O2. The maximum absolute atomic E-state index is 13.5. The summed E-state index contributed by atoms with van der Waals surface area (Å²) in [7, 11) is 0. The highest BCUT2D eigenvalue weighted by Crippen LogP contribution is 2.34. The first-order valence-electron chi connectivity index (χ1n) is 11.1. The third-order valence-electron chi connectivity index (χ3n) is 5.72. The maximum atomic E-state index is 13.5. The van der Waals surface area contributed by atoms with Crippen LogP contribution in [-0.2, 0) is 0 Å². The van der Waals surface area contributed by atoms with Crippen LogP contribution in [-0.4, -0.2) is 15.9 Å². The minimum atomic E-state index is -0.283. The molecule has 0 saturated carbocycles. The van der Waals surface area contributed by atoms with E-state index in [0.717, 1.165) is 27.5 Å². The number of aryl methyl sites for hydroxylation is 2. The summed E-state index contributed by atoms with van der Waals surface area (Å²) in [5, 5.41) is 4.71. The molecule has 1 amide bonds. The van der Waals surface area contributed by atoms with E-state index in [-0.39, 0.29) is 11.7 Å². The highest BCUT2D eigenvalue weighted by Gasteiger charge is 2.13. The van der Waals surface area contributed by atoms with Gasteiger partial charge in [-0.1, -0.05) is 42.5 Å². The number of aromatic nitrogens is 2. The zero-order valence-corrected chi connectivity index (χ0v) is 19.2. The normalized spacial score (nSPS) is 10.8. The van der Waals surface area contributed by atoms with E-state index in [1.165, 1.54) is 12.1 Å². The van der Waals surface area contributed by atoms with Crippen molar-refractivity contribution in [2.75, 3.05) is 5.32 Å². The minimum absolute atomic E-state index is 0.239. The third-order valence-corrected chi connectivity index (χ3v) is 5.72. The second-order valence-corrected chi connectivity index (χ2v) is 8.20. The Hall–Kier alpha value is -4.58. The number of carbonyl (C=O) groups excluding carboxylic acids is 1. The molecule has 1 heterocycles. The molecule has 0 aliphatic rings. The number of hydrogen-bond donors (Lipinski definition) is 1. The predicted octanol–water partition coefficient (Wildman–Crippen LogP) is 7.10. The van der Waals surface area contributed by atoms with Crippen LogP contribution in [0.5, 0.6) is 11.6 Å². The Balaban J connectivity index is 1.45. The van der Waals surface area contributed by atoms with Gasteiger partial charge in [-0.05, 0) is 66.9 Å². The highest BCUT2D eigenvalue weighted by atomic mass is 19.1. The van der Waals surface area contributed by atoms with Crippen LogP contribution in [0.25, 0.3) is 21.9 Å². The zero-order valence-electron chi connectivity index (χ0n) is 19.2. The number of hydrogen-bond acceptors (Lipinski definition) is 4. The summed E-state index contributed by atoms with van der Waals surface area (Å²) in [6, 6.07) is 25.0. The summed E-state index contributed by atoms with van der Waals surface area (Å²) in [5.74, 6) is 1.18. The number of amides is 1. The van der Waals surface area contributed by atoms with Crippen molar-refractivity contribution >= 4 is 22.4 Å². The quantitative estimate of drug-likeness (QED) is 0.302. The largest absolute Gasteiger partial charge is 0.438 e. The van der Waals surface area contributed by atoms with E-state index >= 15 is 0 Å². The molecule has 0 aliphatic heterocycles. The first kappa shape index (κ1) is 22.2. The molecule has 6 heteroatoms. The van der Waals surface area contributed by atoms with Crippen molar-refractivity contribution in [3.8, 4) is 22.8 Å². The van der Waals surface area contributed by atoms with Gasteiger partial charge >= 0.3 is 0 Å². The molecule has 1 N–H and O–H groups in total. The average molecular weight is 464 g/mol. The van der Waals surface area contributed by atoms with Gasteiger partial charge in [-0.2, -0.15) is 4.98 Å². The number of benzene rings is 4. The fourth-order valence-corrected chi connectivity index (χ4v) is 4.05. The summed E-state index contributed by atoms with van der Waals surface area (Å²) in [6.07, 6.45) is 1.65. The van der Waals surface area contributed by atoms with Gasteiger partial charge in [-0.15, -0.1) is 0 Å². The molecule has 0 atom stereocenters. The molecule has 0 fully saturated rings. The van der Waals surface area contributed by atoms with E-state index in [1.807, 2.05) is 61.5 Å². The van der Waals surface area contributed by atoms with Crippen molar-refractivity contribution in [1.29, 1.82) is 0 Å². The van der Waals surface area contributed by atoms with Crippen molar-refractivity contribution in [3.63, 3.8) is 0 Å². The van der Waals surface area contributed by atoms with Crippen molar-refractivity contribution in [3.05, 3.63) is 114 Å². The molecule has 0 unspecified atom stereocenters. The van der Waals surface area contributed by atoms with Gasteiger partial charge in [0.2, 0.25) is 5.88 Å². The van der Waals surface area contributed by atoms with Crippen molar-refractivity contribution in [2.24, 2.45) is 0 Å². The predicted molar refractivity (Wildman–Crippen MR) is 135 cm³/mol. The molecule has 0 spiro atoms. The molecule has 0 saturated heterocycles. The van der Waals surface area contributed by atoms with Gasteiger partial charge in [0.1, 0.15) is 17.4 Å². The number of anilines is 1. The zero-order chi connectivity index (χ0) is 24.4. The molecule has 5 rings (SSSR count). The summed E-state index contributed by atoms with van der Waals surface area (Å²) in [4.78, 5) is 21.6. The molecule has 5 aromatic rings.